The van der Waals surface area contributed by atoms with Crippen LogP contribution in [0.5, 0.6) is 0 Å². The van der Waals surface area contributed by atoms with Crippen molar-refractivity contribution in [2.45, 2.75) is 33.2 Å². The van der Waals surface area contributed by atoms with E-state index in [1.165, 1.54) is 4.57 Å². The van der Waals surface area contributed by atoms with Crippen molar-refractivity contribution in [2.75, 3.05) is 6.67 Å². The molecular formula is C13H15FN2O3S. The Morgan fingerprint density at radius 2 is 2.15 bits per heavy atom. The van der Waals surface area contributed by atoms with Gasteiger partial charge in [-0.25, -0.2) is 14.2 Å². The van der Waals surface area contributed by atoms with Crippen molar-refractivity contribution in [2.24, 2.45) is 0 Å². The molecule has 0 atom stereocenters. The van der Waals surface area contributed by atoms with Crippen LogP contribution < -0.4 is 5.56 Å². The van der Waals surface area contributed by atoms with Gasteiger partial charge in [-0.3, -0.25) is 9.36 Å². The summed E-state index contributed by atoms with van der Waals surface area (Å²) in [7, 11) is 0. The van der Waals surface area contributed by atoms with Crippen LogP contribution in [-0.2, 0) is 6.54 Å². The number of aromatic nitrogens is 2. The number of halogens is 1. The number of aryl methyl sites for hydroxylation is 1. The van der Waals surface area contributed by atoms with Crippen LogP contribution >= 0.6 is 11.3 Å². The molecule has 0 aliphatic heterocycles. The van der Waals surface area contributed by atoms with E-state index in [-0.39, 0.29) is 28.3 Å². The molecule has 2 rings (SSSR count). The fraction of sp³-hybridized carbons (Fsp3) is 0.462. The second kappa shape index (κ2) is 5.32. The van der Waals surface area contributed by atoms with E-state index in [4.69, 9.17) is 5.11 Å². The van der Waals surface area contributed by atoms with Crippen LogP contribution in [0.1, 0.15) is 40.8 Å². The van der Waals surface area contributed by atoms with Gasteiger partial charge in [-0.2, -0.15) is 0 Å². The topological polar surface area (TPSA) is 72.2 Å². The predicted octanol–water partition coefficient (Wildman–Crippen LogP) is 2.56. The average molecular weight is 298 g/mol. The molecule has 0 aliphatic carbocycles. The van der Waals surface area contributed by atoms with Crippen LogP contribution in [-0.4, -0.2) is 27.3 Å². The first-order valence-corrected chi connectivity index (χ1v) is 7.03. The highest BCUT2D eigenvalue weighted by atomic mass is 32.1. The lowest BCUT2D eigenvalue weighted by atomic mass is 10.1. The Morgan fingerprint density at radius 1 is 1.50 bits per heavy atom. The third kappa shape index (κ3) is 2.22. The molecule has 0 bridgehead atoms. The molecule has 2 aromatic heterocycles. The number of aromatic carboxylic acids is 1. The number of alkyl halides is 1. The zero-order chi connectivity index (χ0) is 15.0. The molecule has 1 N–H and O–H groups in total. The zero-order valence-corrected chi connectivity index (χ0v) is 12.3. The van der Waals surface area contributed by atoms with Crippen molar-refractivity contribution in [3.8, 4) is 0 Å². The Balaban J connectivity index is 2.87. The van der Waals surface area contributed by atoms with Gasteiger partial charge in [0.1, 0.15) is 22.2 Å². The minimum absolute atomic E-state index is 0.0469. The van der Waals surface area contributed by atoms with Crippen LogP contribution in [0, 0.1) is 6.92 Å². The van der Waals surface area contributed by atoms with Crippen molar-refractivity contribution in [3.05, 3.63) is 26.6 Å². The molecule has 2 heterocycles. The summed E-state index contributed by atoms with van der Waals surface area (Å²) in [5.74, 6) is -0.638. The monoisotopic (exact) mass is 298 g/mol. The van der Waals surface area contributed by atoms with E-state index < -0.39 is 12.6 Å². The first-order valence-electron chi connectivity index (χ1n) is 6.21. The molecule has 0 aromatic carbocycles. The molecule has 0 aliphatic rings. The second-order valence-electron chi connectivity index (χ2n) is 4.81. The van der Waals surface area contributed by atoms with Gasteiger partial charge in [0.2, 0.25) is 0 Å². The van der Waals surface area contributed by atoms with E-state index in [0.717, 1.165) is 11.3 Å². The van der Waals surface area contributed by atoms with Gasteiger partial charge in [-0.05, 0) is 12.5 Å². The van der Waals surface area contributed by atoms with E-state index in [9.17, 15) is 14.0 Å². The number of rotatable bonds is 4. The number of hydrogen-bond donors (Lipinski definition) is 1. The first kappa shape index (κ1) is 14.6. The molecule has 0 spiro atoms. The number of carboxylic acids is 1. The van der Waals surface area contributed by atoms with Crippen LogP contribution in [0.15, 0.2) is 4.79 Å². The quantitative estimate of drug-likeness (QED) is 0.941. The lowest BCUT2D eigenvalue weighted by Crippen LogP contribution is -2.26. The van der Waals surface area contributed by atoms with Gasteiger partial charge in [0.15, 0.2) is 0 Å². The van der Waals surface area contributed by atoms with Crippen molar-refractivity contribution in [1.82, 2.24) is 9.55 Å². The molecule has 20 heavy (non-hydrogen) atoms. The second-order valence-corrected chi connectivity index (χ2v) is 5.81. The third-order valence-corrected chi connectivity index (χ3v) is 4.27. The summed E-state index contributed by atoms with van der Waals surface area (Å²) >= 11 is 0.987. The lowest BCUT2D eigenvalue weighted by molar-refractivity contribution is 0.0701. The van der Waals surface area contributed by atoms with Gasteiger partial charge in [0, 0.05) is 5.92 Å². The number of hydrogen-bond acceptors (Lipinski definition) is 4. The molecule has 5 nitrogen and oxygen atoms in total. The number of nitrogens with zero attached hydrogens (tertiary/aromatic N) is 2. The van der Waals surface area contributed by atoms with E-state index in [1.54, 1.807) is 6.92 Å². The molecule has 0 unspecified atom stereocenters. The highest BCUT2D eigenvalue weighted by Crippen LogP contribution is 2.28. The predicted molar refractivity (Wildman–Crippen MR) is 75.6 cm³/mol. The maximum atomic E-state index is 12.7. The van der Waals surface area contributed by atoms with Crippen LogP contribution in [0.2, 0.25) is 0 Å². The standard InChI is InChI=1S/C13H15FN2O3S/c1-6(2)10-15-11-8(12(17)16(10)5-4-14)7(3)9(20-11)13(18)19/h6H,4-5H2,1-3H3,(H,18,19). The Morgan fingerprint density at radius 3 is 2.65 bits per heavy atom. The van der Waals surface area contributed by atoms with Gasteiger partial charge in [0.25, 0.3) is 5.56 Å². The molecule has 2 aromatic rings. The summed E-state index contributed by atoms with van der Waals surface area (Å²) in [5, 5.41) is 9.41. The Labute approximate surface area is 118 Å². The molecule has 0 amide bonds. The van der Waals surface area contributed by atoms with Gasteiger partial charge in [0.05, 0.1) is 11.9 Å². The Bertz CT molecular complexity index is 733. The largest absolute Gasteiger partial charge is 0.477 e. The van der Waals surface area contributed by atoms with Crippen molar-refractivity contribution < 1.29 is 14.3 Å². The summed E-state index contributed by atoms with van der Waals surface area (Å²) in [6, 6.07) is 0. The molecular weight excluding hydrogens is 283 g/mol. The fourth-order valence-corrected chi connectivity index (χ4v) is 3.20. The summed E-state index contributed by atoms with van der Waals surface area (Å²) < 4.78 is 14.0. The van der Waals surface area contributed by atoms with Crippen molar-refractivity contribution >= 4 is 27.5 Å². The zero-order valence-electron chi connectivity index (χ0n) is 11.4. The maximum Gasteiger partial charge on any atom is 0.346 e. The van der Waals surface area contributed by atoms with E-state index in [2.05, 4.69) is 4.98 Å². The number of carbonyl (C=O) groups is 1. The SMILES string of the molecule is Cc1c(C(=O)O)sc2nc(C(C)C)n(CCF)c(=O)c12. The van der Waals surface area contributed by atoms with Crippen LogP contribution in [0.3, 0.4) is 0 Å². The summed E-state index contributed by atoms with van der Waals surface area (Å²) in [5.41, 5.74) is 0.0375. The number of carboxylic acid groups (broad SMARTS) is 1. The van der Waals surface area contributed by atoms with Crippen molar-refractivity contribution in [3.63, 3.8) is 0 Å². The van der Waals surface area contributed by atoms with Crippen LogP contribution in [0.25, 0.3) is 10.2 Å². The minimum Gasteiger partial charge on any atom is -0.477 e. The average Bonchev–Trinajstić information content (AvgIpc) is 2.70. The smallest absolute Gasteiger partial charge is 0.346 e. The van der Waals surface area contributed by atoms with E-state index in [1.807, 2.05) is 13.8 Å². The van der Waals surface area contributed by atoms with E-state index >= 15 is 0 Å². The number of thiophene rings is 1. The highest BCUT2D eigenvalue weighted by Gasteiger charge is 2.21. The molecule has 108 valence electrons. The molecule has 0 saturated carbocycles. The van der Waals surface area contributed by atoms with Crippen LogP contribution in [0.4, 0.5) is 4.39 Å². The summed E-state index contributed by atoms with van der Waals surface area (Å²) in [6.07, 6.45) is 0. The fourth-order valence-electron chi connectivity index (χ4n) is 2.18. The van der Waals surface area contributed by atoms with Gasteiger partial charge in [-0.1, -0.05) is 13.8 Å². The molecule has 0 fully saturated rings. The number of fused-ring (bicyclic) bond motifs is 1. The maximum absolute atomic E-state index is 12.7. The normalized spacial score (nSPS) is 11.4. The van der Waals surface area contributed by atoms with E-state index in [0.29, 0.717) is 16.2 Å². The van der Waals surface area contributed by atoms with Crippen molar-refractivity contribution in [1.29, 1.82) is 0 Å². The summed E-state index contributed by atoms with van der Waals surface area (Å²) in [6.45, 7) is 4.58. The van der Waals surface area contributed by atoms with Gasteiger partial charge < -0.3 is 5.11 Å². The molecule has 0 radical (unpaired) electrons. The minimum atomic E-state index is -1.08. The molecule has 0 saturated heterocycles. The Hall–Kier alpha value is -1.76. The first-order chi connectivity index (χ1) is 9.38. The summed E-state index contributed by atoms with van der Waals surface area (Å²) in [4.78, 5) is 28.5. The third-order valence-electron chi connectivity index (χ3n) is 3.10. The highest BCUT2D eigenvalue weighted by molar-refractivity contribution is 7.20. The van der Waals surface area contributed by atoms with Gasteiger partial charge >= 0.3 is 5.97 Å². The van der Waals surface area contributed by atoms with Gasteiger partial charge in [-0.15, -0.1) is 11.3 Å². The Kier molecular flexibility index (Phi) is 3.89. The lowest BCUT2D eigenvalue weighted by Gasteiger charge is -2.13. The molecule has 7 heteroatoms.